The molecule has 0 saturated carbocycles. The molecule has 0 spiro atoms. The number of aromatic nitrogens is 1. The zero-order valence-electron chi connectivity index (χ0n) is 17.1. The van der Waals surface area contributed by atoms with Crippen LogP contribution in [0.2, 0.25) is 0 Å². The second-order valence-corrected chi connectivity index (χ2v) is 8.38. The number of nitrogens with zero attached hydrogens (tertiary/aromatic N) is 2. The summed E-state index contributed by atoms with van der Waals surface area (Å²) in [4.78, 5) is 19.7. The number of ether oxygens (including phenoxy) is 1. The van der Waals surface area contributed by atoms with Gasteiger partial charge in [-0.3, -0.25) is 4.79 Å². The van der Waals surface area contributed by atoms with Gasteiger partial charge >= 0.3 is 0 Å². The Morgan fingerprint density at radius 1 is 1.26 bits per heavy atom. The molecule has 162 valence electrons. The molecule has 7 heteroatoms. The predicted octanol–water partition coefficient (Wildman–Crippen LogP) is 4.80. The number of carbonyl (C=O) groups is 1. The number of hydrogen-bond donors (Lipinski definition) is 1. The van der Waals surface area contributed by atoms with Crippen LogP contribution in [-0.4, -0.2) is 52.0 Å². The minimum atomic E-state index is -0.452. The van der Waals surface area contributed by atoms with Crippen LogP contribution in [-0.2, 0) is 0 Å². The first-order chi connectivity index (χ1) is 15.1. The molecular formula is C24H24BrFN2O3. The number of aliphatic hydroxyl groups excluding tert-OH is 1. The van der Waals surface area contributed by atoms with E-state index in [1.807, 2.05) is 24.3 Å². The lowest BCUT2D eigenvalue weighted by molar-refractivity contribution is 0.0679. The summed E-state index contributed by atoms with van der Waals surface area (Å²) in [5, 5.41) is 11.2. The number of carbonyl (C=O) groups excluding carboxylic acids is 1. The van der Waals surface area contributed by atoms with Crippen LogP contribution in [0.5, 0.6) is 5.75 Å². The van der Waals surface area contributed by atoms with Crippen molar-refractivity contribution in [2.24, 2.45) is 0 Å². The first-order valence-electron chi connectivity index (χ1n) is 10.4. The fourth-order valence-electron chi connectivity index (χ4n) is 3.98. The van der Waals surface area contributed by atoms with Crippen LogP contribution < -0.4 is 4.74 Å². The molecule has 1 amide bonds. The maximum absolute atomic E-state index is 14.9. The van der Waals surface area contributed by atoms with E-state index >= 15 is 0 Å². The van der Waals surface area contributed by atoms with Crippen molar-refractivity contribution in [3.63, 3.8) is 0 Å². The normalized spacial score (nSPS) is 16.1. The Kier molecular flexibility index (Phi) is 6.83. The number of halogens is 2. The second-order valence-electron chi connectivity index (χ2n) is 7.58. The van der Waals surface area contributed by atoms with Crippen LogP contribution in [0.1, 0.15) is 29.6 Å². The number of fused-ring (bicyclic) bond motifs is 1. The second kappa shape index (κ2) is 9.75. The fourth-order valence-corrected chi connectivity index (χ4v) is 4.20. The third-order valence-electron chi connectivity index (χ3n) is 5.56. The van der Waals surface area contributed by atoms with Crippen LogP contribution in [0.25, 0.3) is 22.2 Å². The van der Waals surface area contributed by atoms with Crippen LogP contribution in [0.3, 0.4) is 0 Å². The van der Waals surface area contributed by atoms with E-state index in [9.17, 15) is 14.3 Å². The summed E-state index contributed by atoms with van der Waals surface area (Å²) in [5.41, 5.74) is 1.80. The highest BCUT2D eigenvalue weighted by Gasteiger charge is 2.30. The minimum absolute atomic E-state index is 0.0627. The van der Waals surface area contributed by atoms with E-state index in [2.05, 4.69) is 20.9 Å². The maximum atomic E-state index is 14.9. The van der Waals surface area contributed by atoms with Gasteiger partial charge in [0.2, 0.25) is 0 Å². The van der Waals surface area contributed by atoms with Gasteiger partial charge < -0.3 is 14.7 Å². The van der Waals surface area contributed by atoms with Crippen molar-refractivity contribution in [2.45, 2.75) is 25.3 Å². The number of hydrogen-bond acceptors (Lipinski definition) is 4. The molecule has 3 aromatic rings. The van der Waals surface area contributed by atoms with E-state index in [4.69, 9.17) is 4.74 Å². The van der Waals surface area contributed by atoms with Crippen molar-refractivity contribution >= 4 is 32.7 Å². The van der Waals surface area contributed by atoms with Crippen molar-refractivity contribution in [1.82, 2.24) is 9.88 Å². The topological polar surface area (TPSA) is 62.7 Å². The van der Waals surface area contributed by atoms with Gasteiger partial charge in [0.05, 0.1) is 36.0 Å². The third kappa shape index (κ3) is 4.57. The molecule has 1 aromatic heterocycles. The first kappa shape index (κ1) is 21.7. The van der Waals surface area contributed by atoms with Crippen LogP contribution in [0.4, 0.5) is 4.39 Å². The van der Waals surface area contributed by atoms with Crippen molar-refractivity contribution in [1.29, 1.82) is 0 Å². The van der Waals surface area contributed by atoms with E-state index in [-0.39, 0.29) is 18.6 Å². The van der Waals surface area contributed by atoms with Crippen LogP contribution >= 0.6 is 15.9 Å². The highest BCUT2D eigenvalue weighted by atomic mass is 79.9. The molecule has 1 aliphatic heterocycles. The summed E-state index contributed by atoms with van der Waals surface area (Å²) in [6.45, 7) is 1.04. The van der Waals surface area contributed by atoms with Gasteiger partial charge in [0.1, 0.15) is 11.6 Å². The molecule has 1 atom stereocenters. The van der Waals surface area contributed by atoms with Crippen molar-refractivity contribution in [3.05, 3.63) is 59.9 Å². The van der Waals surface area contributed by atoms with E-state index < -0.39 is 5.82 Å². The Balaban J connectivity index is 1.74. The van der Waals surface area contributed by atoms with Gasteiger partial charge in [-0.2, -0.15) is 0 Å². The minimum Gasteiger partial charge on any atom is -0.493 e. The SMILES string of the molecule is O=C(c1cc(-c2ccc(OCCCBr)cc2F)nc2ccccc12)N1CCC[C@@H]1CO. The molecule has 1 N–H and O–H groups in total. The zero-order valence-corrected chi connectivity index (χ0v) is 18.6. The van der Waals surface area contributed by atoms with Crippen LogP contribution in [0, 0.1) is 5.82 Å². The van der Waals surface area contributed by atoms with Gasteiger partial charge in [-0.05, 0) is 43.5 Å². The Bertz CT molecular complexity index is 1090. The lowest BCUT2D eigenvalue weighted by Gasteiger charge is -2.24. The number of pyridine rings is 1. The van der Waals surface area contributed by atoms with Gasteiger partial charge in [0.25, 0.3) is 5.91 Å². The lowest BCUT2D eigenvalue weighted by atomic mass is 10.0. The number of amides is 1. The van der Waals surface area contributed by atoms with E-state index in [1.165, 1.54) is 6.07 Å². The van der Waals surface area contributed by atoms with Gasteiger partial charge in [-0.15, -0.1) is 0 Å². The fraction of sp³-hybridized carbons (Fsp3) is 0.333. The first-order valence-corrected chi connectivity index (χ1v) is 11.5. The molecule has 4 rings (SSSR count). The van der Waals surface area contributed by atoms with Gasteiger partial charge in [-0.25, -0.2) is 9.37 Å². The average Bonchev–Trinajstić information content (AvgIpc) is 3.27. The Morgan fingerprint density at radius 3 is 2.87 bits per heavy atom. The Labute approximate surface area is 189 Å². The van der Waals surface area contributed by atoms with Crippen molar-refractivity contribution in [2.75, 3.05) is 25.1 Å². The standard InChI is InChI=1S/C24H24BrFN2O3/c25-10-4-12-31-17-8-9-19(21(26)13-17)23-14-20(18-6-1-2-7-22(18)27-23)24(30)28-11-3-5-16(28)15-29/h1-2,6-9,13-14,16,29H,3-5,10-12,15H2/t16-/m1/s1. The van der Waals surface area contributed by atoms with E-state index in [0.717, 1.165) is 30.0 Å². The molecule has 5 nitrogen and oxygen atoms in total. The van der Waals surface area contributed by atoms with E-state index in [0.29, 0.717) is 41.2 Å². The lowest BCUT2D eigenvalue weighted by Crippen LogP contribution is -2.37. The average molecular weight is 487 g/mol. The number of benzene rings is 2. The smallest absolute Gasteiger partial charge is 0.254 e. The summed E-state index contributed by atoms with van der Waals surface area (Å²) in [7, 11) is 0. The molecule has 0 radical (unpaired) electrons. The predicted molar refractivity (Wildman–Crippen MR) is 122 cm³/mol. The molecule has 1 saturated heterocycles. The van der Waals surface area contributed by atoms with Crippen molar-refractivity contribution < 1.29 is 19.0 Å². The number of alkyl halides is 1. The quantitative estimate of drug-likeness (QED) is 0.384. The molecule has 1 fully saturated rings. The monoisotopic (exact) mass is 486 g/mol. The van der Waals surface area contributed by atoms with Gasteiger partial charge in [-0.1, -0.05) is 34.1 Å². The molecular weight excluding hydrogens is 463 g/mol. The number of rotatable bonds is 7. The maximum Gasteiger partial charge on any atom is 0.254 e. The summed E-state index contributed by atoms with van der Waals surface area (Å²) in [6.07, 6.45) is 2.47. The summed E-state index contributed by atoms with van der Waals surface area (Å²) < 4.78 is 20.5. The van der Waals surface area contributed by atoms with E-state index in [1.54, 1.807) is 23.1 Å². The highest BCUT2D eigenvalue weighted by molar-refractivity contribution is 9.09. The van der Waals surface area contributed by atoms with Gasteiger partial charge in [0, 0.05) is 28.9 Å². The summed E-state index contributed by atoms with van der Waals surface area (Å²) >= 11 is 3.34. The molecule has 1 aliphatic rings. The molecule has 0 bridgehead atoms. The molecule has 31 heavy (non-hydrogen) atoms. The highest BCUT2D eigenvalue weighted by Crippen LogP contribution is 2.30. The van der Waals surface area contributed by atoms with Crippen LogP contribution in [0.15, 0.2) is 48.5 Å². The largest absolute Gasteiger partial charge is 0.493 e. The third-order valence-corrected chi connectivity index (χ3v) is 6.12. The Morgan fingerprint density at radius 2 is 2.10 bits per heavy atom. The Hall–Kier alpha value is -2.51. The molecule has 0 unspecified atom stereocenters. The number of aliphatic hydroxyl groups is 1. The number of likely N-dealkylation sites (tertiary alicyclic amines) is 1. The molecule has 2 heterocycles. The summed E-state index contributed by atoms with van der Waals surface area (Å²) in [5.74, 6) is -0.152. The van der Waals surface area contributed by atoms with Gasteiger partial charge in [0.15, 0.2) is 0 Å². The summed E-state index contributed by atoms with van der Waals surface area (Å²) in [6, 6.07) is 13.5. The molecule has 0 aliphatic carbocycles. The number of para-hydroxylation sites is 1. The zero-order chi connectivity index (χ0) is 21.8. The van der Waals surface area contributed by atoms with Crippen molar-refractivity contribution in [3.8, 4) is 17.0 Å². The molecule has 2 aromatic carbocycles.